The Kier molecular flexibility index (Phi) is 3.66. The Morgan fingerprint density at radius 2 is 2.04 bits per heavy atom. The largest absolute Gasteiger partial charge is 0.361 e. The van der Waals surface area contributed by atoms with Crippen LogP contribution in [-0.4, -0.2) is 56.0 Å². The first-order valence-corrected chi connectivity index (χ1v) is 9.29. The molecule has 1 saturated heterocycles. The third-order valence-corrected chi connectivity index (χ3v) is 5.65. The van der Waals surface area contributed by atoms with Crippen LogP contribution < -0.4 is 4.90 Å². The molecule has 5 rings (SSSR count). The Morgan fingerprint density at radius 3 is 2.92 bits per heavy atom. The predicted octanol–water partition coefficient (Wildman–Crippen LogP) is 1.62. The molecule has 1 fully saturated rings. The summed E-state index contributed by atoms with van der Waals surface area (Å²) < 4.78 is 7.34. The third kappa shape index (κ3) is 2.56. The zero-order valence-corrected chi connectivity index (χ0v) is 15.2. The highest BCUT2D eigenvalue weighted by Crippen LogP contribution is 2.27. The quantitative estimate of drug-likeness (QED) is 0.705. The topological polar surface area (TPSA) is 75.6 Å². The number of rotatable bonds is 4. The fraction of sp³-hybridized carbons (Fsp3) is 0.556. The van der Waals surface area contributed by atoms with E-state index in [0.29, 0.717) is 6.04 Å². The summed E-state index contributed by atoms with van der Waals surface area (Å²) in [5, 5.41) is 17.1. The number of nitrogens with zero attached hydrogens (tertiary/aromatic N) is 7. The van der Waals surface area contributed by atoms with Crippen molar-refractivity contribution in [3.63, 3.8) is 0 Å². The van der Waals surface area contributed by atoms with Crippen molar-refractivity contribution in [1.29, 1.82) is 0 Å². The molecule has 1 aliphatic heterocycles. The van der Waals surface area contributed by atoms with Crippen LogP contribution in [0.25, 0.3) is 5.65 Å². The Labute approximate surface area is 151 Å². The van der Waals surface area contributed by atoms with E-state index >= 15 is 0 Å². The fourth-order valence-corrected chi connectivity index (χ4v) is 3.91. The molecule has 4 heterocycles. The Bertz CT molecular complexity index is 940. The summed E-state index contributed by atoms with van der Waals surface area (Å²) in [5.41, 5.74) is 3.27. The first kappa shape index (κ1) is 15.7. The SMILES string of the molecule is Cc1nnc2ccc(N3CC(N(C)Cc4noc5c4CCCC5)C3)nn12. The maximum atomic E-state index is 5.54. The smallest absolute Gasteiger partial charge is 0.178 e. The van der Waals surface area contributed by atoms with E-state index in [1.54, 1.807) is 4.52 Å². The minimum absolute atomic E-state index is 0.505. The second-order valence-corrected chi connectivity index (χ2v) is 7.42. The third-order valence-electron chi connectivity index (χ3n) is 5.65. The summed E-state index contributed by atoms with van der Waals surface area (Å²) in [6.45, 7) is 4.71. The van der Waals surface area contributed by atoms with E-state index < -0.39 is 0 Å². The minimum Gasteiger partial charge on any atom is -0.361 e. The van der Waals surface area contributed by atoms with Crippen LogP contribution in [0, 0.1) is 6.92 Å². The monoisotopic (exact) mass is 353 g/mol. The lowest BCUT2D eigenvalue weighted by atomic mass is 9.96. The van der Waals surface area contributed by atoms with Crippen molar-refractivity contribution in [3.05, 3.63) is 35.0 Å². The highest BCUT2D eigenvalue weighted by atomic mass is 16.5. The van der Waals surface area contributed by atoms with Crippen LogP contribution in [0.3, 0.4) is 0 Å². The molecule has 3 aromatic rings. The van der Waals surface area contributed by atoms with Crippen LogP contribution in [0.4, 0.5) is 5.82 Å². The van der Waals surface area contributed by atoms with E-state index in [1.165, 1.54) is 18.4 Å². The average Bonchev–Trinajstić information content (AvgIpc) is 3.18. The summed E-state index contributed by atoms with van der Waals surface area (Å²) in [4.78, 5) is 4.67. The summed E-state index contributed by atoms with van der Waals surface area (Å²) >= 11 is 0. The van der Waals surface area contributed by atoms with E-state index in [4.69, 9.17) is 4.52 Å². The normalized spacial score (nSPS) is 17.7. The molecular weight excluding hydrogens is 330 g/mol. The van der Waals surface area contributed by atoms with Crippen molar-refractivity contribution >= 4 is 11.5 Å². The van der Waals surface area contributed by atoms with Gasteiger partial charge in [0, 0.05) is 37.7 Å². The highest BCUT2D eigenvalue weighted by molar-refractivity contribution is 5.47. The van der Waals surface area contributed by atoms with Crippen molar-refractivity contribution in [1.82, 2.24) is 29.9 Å². The molecule has 3 aromatic heterocycles. The van der Waals surface area contributed by atoms with Gasteiger partial charge in [0.05, 0.1) is 0 Å². The number of aromatic nitrogens is 5. The molecule has 0 spiro atoms. The van der Waals surface area contributed by atoms with Gasteiger partial charge in [0.1, 0.15) is 17.3 Å². The number of anilines is 1. The summed E-state index contributed by atoms with van der Waals surface area (Å²) in [5.74, 6) is 2.90. The number of aryl methyl sites for hydroxylation is 2. The van der Waals surface area contributed by atoms with E-state index in [-0.39, 0.29) is 0 Å². The molecule has 8 heteroatoms. The Morgan fingerprint density at radius 1 is 1.19 bits per heavy atom. The molecule has 0 N–H and O–H groups in total. The Hall–Kier alpha value is -2.48. The molecule has 0 atom stereocenters. The molecule has 0 aromatic carbocycles. The van der Waals surface area contributed by atoms with Gasteiger partial charge in [0.25, 0.3) is 0 Å². The summed E-state index contributed by atoms with van der Waals surface area (Å²) in [6, 6.07) is 4.50. The first-order valence-electron chi connectivity index (χ1n) is 9.29. The molecule has 0 unspecified atom stereocenters. The van der Waals surface area contributed by atoms with Crippen LogP contribution in [0.15, 0.2) is 16.7 Å². The van der Waals surface area contributed by atoms with Gasteiger partial charge in [-0.1, -0.05) is 5.16 Å². The standard InChI is InChI=1S/C18H23N7O/c1-12-19-20-17-7-8-18(21-25(12)17)24-9-13(10-24)23(2)11-15-14-5-3-4-6-16(14)26-22-15/h7-8,13H,3-6,9-11H2,1-2H3. The van der Waals surface area contributed by atoms with Gasteiger partial charge in [0.15, 0.2) is 11.5 Å². The molecule has 8 nitrogen and oxygen atoms in total. The summed E-state index contributed by atoms with van der Waals surface area (Å²) in [6.07, 6.45) is 4.62. The minimum atomic E-state index is 0.505. The zero-order chi connectivity index (χ0) is 17.7. The van der Waals surface area contributed by atoms with Crippen molar-refractivity contribution in [2.75, 3.05) is 25.0 Å². The molecule has 26 heavy (non-hydrogen) atoms. The zero-order valence-electron chi connectivity index (χ0n) is 15.2. The molecule has 0 amide bonds. The number of hydrogen-bond acceptors (Lipinski definition) is 7. The maximum Gasteiger partial charge on any atom is 0.178 e. The van der Waals surface area contributed by atoms with Crippen LogP contribution in [0.2, 0.25) is 0 Å². The van der Waals surface area contributed by atoms with E-state index in [1.807, 2.05) is 19.1 Å². The first-order chi connectivity index (χ1) is 12.7. The molecule has 0 bridgehead atoms. The highest BCUT2D eigenvalue weighted by Gasteiger charge is 2.32. The van der Waals surface area contributed by atoms with E-state index in [0.717, 1.165) is 61.2 Å². The average molecular weight is 353 g/mol. The lowest BCUT2D eigenvalue weighted by Crippen LogP contribution is -2.58. The second kappa shape index (κ2) is 6.05. The second-order valence-electron chi connectivity index (χ2n) is 7.42. The molecule has 136 valence electrons. The number of fused-ring (bicyclic) bond motifs is 2. The van der Waals surface area contributed by atoms with Gasteiger partial charge < -0.3 is 9.42 Å². The van der Waals surface area contributed by atoms with Gasteiger partial charge >= 0.3 is 0 Å². The summed E-state index contributed by atoms with van der Waals surface area (Å²) in [7, 11) is 2.17. The van der Waals surface area contributed by atoms with Crippen molar-refractivity contribution in [2.45, 2.75) is 45.2 Å². The van der Waals surface area contributed by atoms with E-state index in [9.17, 15) is 0 Å². The van der Waals surface area contributed by atoms with Crippen molar-refractivity contribution < 1.29 is 4.52 Å². The maximum absolute atomic E-state index is 5.54. The van der Waals surface area contributed by atoms with Gasteiger partial charge in [-0.25, -0.2) is 0 Å². The van der Waals surface area contributed by atoms with Gasteiger partial charge in [0.2, 0.25) is 0 Å². The molecule has 1 aliphatic carbocycles. The van der Waals surface area contributed by atoms with Gasteiger partial charge in [-0.3, -0.25) is 4.90 Å². The molecular formula is C18H23N7O. The molecule has 0 saturated carbocycles. The lowest BCUT2D eigenvalue weighted by Gasteiger charge is -2.44. The molecule has 0 radical (unpaired) electrons. The van der Waals surface area contributed by atoms with E-state index in [2.05, 4.69) is 37.3 Å². The van der Waals surface area contributed by atoms with Gasteiger partial charge in [-0.15, -0.1) is 15.3 Å². The van der Waals surface area contributed by atoms with Crippen LogP contribution >= 0.6 is 0 Å². The van der Waals surface area contributed by atoms with Crippen LogP contribution in [0.1, 0.15) is 35.7 Å². The van der Waals surface area contributed by atoms with Crippen LogP contribution in [0.5, 0.6) is 0 Å². The van der Waals surface area contributed by atoms with Crippen molar-refractivity contribution in [2.24, 2.45) is 0 Å². The Balaban J connectivity index is 1.24. The number of likely N-dealkylation sites (N-methyl/N-ethyl adjacent to an activating group) is 1. The predicted molar refractivity (Wildman–Crippen MR) is 96.1 cm³/mol. The van der Waals surface area contributed by atoms with Crippen molar-refractivity contribution in [3.8, 4) is 0 Å². The fourth-order valence-electron chi connectivity index (χ4n) is 3.91. The number of hydrogen-bond donors (Lipinski definition) is 0. The van der Waals surface area contributed by atoms with Crippen LogP contribution in [-0.2, 0) is 19.4 Å². The van der Waals surface area contributed by atoms with Gasteiger partial charge in [-0.05, 0) is 45.4 Å². The lowest BCUT2D eigenvalue weighted by molar-refractivity contribution is 0.191. The van der Waals surface area contributed by atoms with Gasteiger partial charge in [-0.2, -0.15) is 4.52 Å². The molecule has 2 aliphatic rings.